The molecule has 0 bridgehead atoms. The van der Waals surface area contributed by atoms with Crippen molar-refractivity contribution in [1.29, 1.82) is 0 Å². The molecular formula is C16H20N2OS. The summed E-state index contributed by atoms with van der Waals surface area (Å²) in [6.07, 6.45) is 5.91. The predicted octanol–water partition coefficient (Wildman–Crippen LogP) is 3.24. The molecule has 1 aliphatic heterocycles. The Balaban J connectivity index is 1.86. The van der Waals surface area contributed by atoms with Crippen molar-refractivity contribution in [2.75, 3.05) is 0 Å². The van der Waals surface area contributed by atoms with Gasteiger partial charge in [0.2, 0.25) is 0 Å². The molecule has 2 aliphatic rings. The Bertz CT molecular complexity index is 523. The number of ketones is 1. The van der Waals surface area contributed by atoms with Crippen LogP contribution in [0.2, 0.25) is 0 Å². The number of hydrogen-bond donors (Lipinski definition) is 2. The Morgan fingerprint density at radius 2 is 1.90 bits per heavy atom. The Morgan fingerprint density at radius 3 is 2.60 bits per heavy atom. The lowest BCUT2D eigenvalue weighted by Crippen LogP contribution is -2.57. The zero-order valence-corrected chi connectivity index (χ0v) is 12.3. The molecule has 0 saturated heterocycles. The minimum absolute atomic E-state index is 0.0520. The van der Waals surface area contributed by atoms with Crippen molar-refractivity contribution in [2.45, 2.75) is 37.8 Å². The molecule has 1 saturated carbocycles. The van der Waals surface area contributed by atoms with E-state index in [9.17, 15) is 4.79 Å². The maximum atomic E-state index is 12.7. The summed E-state index contributed by atoms with van der Waals surface area (Å²) in [5, 5.41) is 1.89. The summed E-state index contributed by atoms with van der Waals surface area (Å²) in [5.41, 5.74) is 7.37. The quantitative estimate of drug-likeness (QED) is 0.662. The first-order valence-corrected chi connectivity index (χ1v) is 8.12. The van der Waals surface area contributed by atoms with Gasteiger partial charge in [0.05, 0.1) is 0 Å². The largest absolute Gasteiger partial charge is 0.308 e. The highest BCUT2D eigenvalue weighted by molar-refractivity contribution is 8.00. The monoisotopic (exact) mass is 288 g/mol. The normalized spacial score (nSPS) is 27.4. The van der Waals surface area contributed by atoms with Gasteiger partial charge in [-0.3, -0.25) is 4.79 Å². The van der Waals surface area contributed by atoms with Gasteiger partial charge in [-0.25, -0.2) is 4.72 Å². The van der Waals surface area contributed by atoms with Gasteiger partial charge in [0, 0.05) is 11.1 Å². The van der Waals surface area contributed by atoms with Crippen molar-refractivity contribution >= 4 is 17.7 Å². The van der Waals surface area contributed by atoms with Crippen molar-refractivity contribution in [3.8, 4) is 0 Å². The van der Waals surface area contributed by atoms with Gasteiger partial charge in [0.25, 0.3) is 0 Å². The third kappa shape index (κ3) is 2.43. The van der Waals surface area contributed by atoms with E-state index < -0.39 is 5.66 Å². The maximum Gasteiger partial charge on any atom is 0.192 e. The second kappa shape index (κ2) is 5.72. The number of hydrogen-bond acceptors (Lipinski definition) is 4. The average molecular weight is 288 g/mol. The number of nitrogens with two attached hydrogens (primary N) is 1. The van der Waals surface area contributed by atoms with E-state index in [-0.39, 0.29) is 5.78 Å². The van der Waals surface area contributed by atoms with Crippen LogP contribution in [0.5, 0.6) is 0 Å². The molecule has 0 spiro atoms. The number of benzene rings is 1. The van der Waals surface area contributed by atoms with Gasteiger partial charge in [0.15, 0.2) is 5.78 Å². The van der Waals surface area contributed by atoms with E-state index in [0.717, 1.165) is 18.4 Å². The Kier molecular flexibility index (Phi) is 3.96. The van der Waals surface area contributed by atoms with E-state index in [1.807, 2.05) is 35.7 Å². The van der Waals surface area contributed by atoms with Crippen molar-refractivity contribution < 1.29 is 4.79 Å². The zero-order valence-electron chi connectivity index (χ0n) is 11.5. The summed E-state index contributed by atoms with van der Waals surface area (Å²) < 4.78 is 3.28. The second-order valence-electron chi connectivity index (χ2n) is 5.65. The van der Waals surface area contributed by atoms with Gasteiger partial charge >= 0.3 is 0 Å². The molecule has 1 unspecified atom stereocenters. The smallest absolute Gasteiger partial charge is 0.192 e. The molecule has 0 amide bonds. The minimum Gasteiger partial charge on any atom is -0.308 e. The fourth-order valence-corrected chi connectivity index (χ4v) is 4.14. The van der Waals surface area contributed by atoms with Crippen molar-refractivity contribution in [2.24, 2.45) is 11.7 Å². The third-order valence-electron chi connectivity index (χ3n) is 4.38. The van der Waals surface area contributed by atoms with E-state index in [4.69, 9.17) is 5.73 Å². The molecule has 3 rings (SSSR count). The van der Waals surface area contributed by atoms with Crippen molar-refractivity contribution in [3.05, 3.63) is 46.9 Å². The molecular weight excluding hydrogens is 268 g/mol. The van der Waals surface area contributed by atoms with Crippen molar-refractivity contribution in [3.63, 3.8) is 0 Å². The van der Waals surface area contributed by atoms with Crippen LogP contribution in [-0.4, -0.2) is 11.4 Å². The number of carbonyl (C=O) groups is 1. The first kappa shape index (κ1) is 13.9. The lowest BCUT2D eigenvalue weighted by Gasteiger charge is -2.38. The van der Waals surface area contributed by atoms with Gasteiger partial charge in [-0.05, 0) is 24.2 Å². The second-order valence-corrected chi connectivity index (χ2v) is 6.33. The first-order valence-electron chi connectivity index (χ1n) is 7.24. The number of nitrogens with one attached hydrogen (secondary N) is 1. The predicted molar refractivity (Wildman–Crippen MR) is 83.1 cm³/mol. The standard InChI is InChI=1S/C16H20N2OS/c17-16(13-9-5-2-6-10-13)14(11-20-18-16)15(19)12-7-3-1-4-8-12/h1,3-4,7-8,11,13,18H,2,5-6,9-10,17H2. The lowest BCUT2D eigenvalue weighted by molar-refractivity contribution is 0.0995. The molecule has 1 fully saturated rings. The van der Waals surface area contributed by atoms with Crippen LogP contribution in [0.3, 0.4) is 0 Å². The molecule has 1 heterocycles. The highest BCUT2D eigenvalue weighted by Gasteiger charge is 2.44. The van der Waals surface area contributed by atoms with E-state index in [1.54, 1.807) is 0 Å². The average Bonchev–Trinajstić information content (AvgIpc) is 2.91. The van der Waals surface area contributed by atoms with Gasteiger partial charge in [0.1, 0.15) is 5.66 Å². The highest BCUT2D eigenvalue weighted by atomic mass is 32.2. The SMILES string of the molecule is NC1(C2CCCCC2)NSC=C1C(=O)c1ccccc1. The van der Waals surface area contributed by atoms with Crippen LogP contribution in [0, 0.1) is 5.92 Å². The third-order valence-corrected chi connectivity index (χ3v) is 5.19. The zero-order chi connectivity index (χ0) is 14.0. The number of carbonyl (C=O) groups excluding carboxylic acids is 1. The van der Waals surface area contributed by atoms with Gasteiger partial charge < -0.3 is 5.73 Å². The van der Waals surface area contributed by atoms with E-state index in [0.29, 0.717) is 11.5 Å². The molecule has 20 heavy (non-hydrogen) atoms. The molecule has 0 radical (unpaired) electrons. The number of Topliss-reactive ketones (excluding diaryl/α,β-unsaturated/α-hetero) is 1. The van der Waals surface area contributed by atoms with Crippen LogP contribution >= 0.6 is 11.9 Å². The Hall–Kier alpha value is -1.10. The highest BCUT2D eigenvalue weighted by Crippen LogP contribution is 2.40. The topological polar surface area (TPSA) is 55.1 Å². The van der Waals surface area contributed by atoms with E-state index >= 15 is 0 Å². The van der Waals surface area contributed by atoms with Crippen LogP contribution in [0.4, 0.5) is 0 Å². The summed E-state index contributed by atoms with van der Waals surface area (Å²) in [4.78, 5) is 12.7. The van der Waals surface area contributed by atoms with Crippen LogP contribution in [0.1, 0.15) is 42.5 Å². The Morgan fingerprint density at radius 1 is 1.20 bits per heavy atom. The van der Waals surface area contributed by atoms with Crippen LogP contribution < -0.4 is 10.5 Å². The molecule has 1 aromatic carbocycles. The van der Waals surface area contributed by atoms with Crippen LogP contribution in [0.15, 0.2) is 41.3 Å². The van der Waals surface area contributed by atoms with Crippen molar-refractivity contribution in [1.82, 2.24) is 4.72 Å². The summed E-state index contributed by atoms with van der Waals surface area (Å²) in [5.74, 6) is 0.404. The van der Waals surface area contributed by atoms with Gasteiger partial charge in [-0.2, -0.15) is 0 Å². The molecule has 1 aliphatic carbocycles. The molecule has 1 atom stereocenters. The molecule has 3 N–H and O–H groups in total. The van der Waals surface area contributed by atoms with Crippen LogP contribution in [0.25, 0.3) is 0 Å². The van der Waals surface area contributed by atoms with E-state index in [1.165, 1.54) is 31.2 Å². The molecule has 3 nitrogen and oxygen atoms in total. The number of rotatable bonds is 3. The van der Waals surface area contributed by atoms with Gasteiger partial charge in [-0.15, -0.1) is 0 Å². The summed E-state index contributed by atoms with van der Waals surface area (Å²) >= 11 is 1.45. The molecule has 4 heteroatoms. The summed E-state index contributed by atoms with van der Waals surface area (Å²) in [6, 6.07) is 9.41. The van der Waals surface area contributed by atoms with Gasteiger partial charge in [-0.1, -0.05) is 61.5 Å². The summed E-state index contributed by atoms with van der Waals surface area (Å²) in [6.45, 7) is 0. The minimum atomic E-state index is -0.669. The first-order chi connectivity index (χ1) is 9.72. The maximum absolute atomic E-state index is 12.7. The molecule has 106 valence electrons. The fraction of sp³-hybridized carbons (Fsp3) is 0.438. The van der Waals surface area contributed by atoms with E-state index in [2.05, 4.69) is 4.72 Å². The Labute approximate surface area is 124 Å². The summed E-state index contributed by atoms with van der Waals surface area (Å²) in [7, 11) is 0. The molecule has 1 aromatic rings. The van der Waals surface area contributed by atoms with Crippen LogP contribution in [-0.2, 0) is 0 Å². The fourth-order valence-electron chi connectivity index (χ4n) is 3.19. The lowest BCUT2D eigenvalue weighted by atomic mass is 9.76. The molecule has 0 aromatic heterocycles.